The molecule has 2 aromatic heterocycles. The molecule has 3 rings (SSSR count). The average Bonchev–Trinajstić information content (AvgIpc) is 3.16. The SMILES string of the molecule is CCn1ccc(C(=O)Nc2cccc(-c3csc(C)n3)c2)n1. The summed E-state index contributed by atoms with van der Waals surface area (Å²) in [5, 5.41) is 10.1. The van der Waals surface area contributed by atoms with Gasteiger partial charge in [0.05, 0.1) is 10.7 Å². The molecule has 0 atom stereocenters. The zero-order valence-electron chi connectivity index (χ0n) is 12.4. The number of carbonyl (C=O) groups is 1. The van der Waals surface area contributed by atoms with Crippen LogP contribution in [0.4, 0.5) is 5.69 Å². The molecule has 0 fully saturated rings. The summed E-state index contributed by atoms with van der Waals surface area (Å²) in [5.41, 5.74) is 3.06. The highest BCUT2D eigenvalue weighted by molar-refractivity contribution is 7.09. The number of anilines is 1. The second-order valence-electron chi connectivity index (χ2n) is 4.84. The van der Waals surface area contributed by atoms with E-state index in [0.29, 0.717) is 5.69 Å². The van der Waals surface area contributed by atoms with Crippen molar-refractivity contribution >= 4 is 22.9 Å². The molecule has 0 bridgehead atoms. The van der Waals surface area contributed by atoms with Crippen molar-refractivity contribution in [3.05, 3.63) is 52.6 Å². The van der Waals surface area contributed by atoms with Crippen molar-refractivity contribution in [2.75, 3.05) is 5.32 Å². The smallest absolute Gasteiger partial charge is 0.276 e. The van der Waals surface area contributed by atoms with Crippen LogP contribution in [0.25, 0.3) is 11.3 Å². The van der Waals surface area contributed by atoms with Gasteiger partial charge in [-0.25, -0.2) is 4.98 Å². The fraction of sp³-hybridized carbons (Fsp3) is 0.188. The average molecular weight is 312 g/mol. The molecule has 0 aliphatic carbocycles. The van der Waals surface area contributed by atoms with Crippen molar-refractivity contribution in [1.29, 1.82) is 0 Å². The first-order valence-corrected chi connectivity index (χ1v) is 7.91. The number of hydrogen-bond donors (Lipinski definition) is 1. The minimum atomic E-state index is -0.209. The predicted octanol–water partition coefficient (Wildman–Crippen LogP) is 3.59. The van der Waals surface area contributed by atoms with Gasteiger partial charge in [-0.1, -0.05) is 12.1 Å². The van der Waals surface area contributed by atoms with E-state index in [4.69, 9.17) is 0 Å². The third-order valence-electron chi connectivity index (χ3n) is 3.23. The fourth-order valence-corrected chi connectivity index (χ4v) is 2.73. The van der Waals surface area contributed by atoms with E-state index >= 15 is 0 Å². The van der Waals surface area contributed by atoms with E-state index in [2.05, 4.69) is 15.4 Å². The van der Waals surface area contributed by atoms with Crippen LogP contribution in [0.5, 0.6) is 0 Å². The van der Waals surface area contributed by atoms with Crippen LogP contribution in [0.1, 0.15) is 22.4 Å². The molecule has 3 aromatic rings. The Morgan fingerprint density at radius 1 is 1.36 bits per heavy atom. The monoisotopic (exact) mass is 312 g/mol. The molecule has 0 spiro atoms. The van der Waals surface area contributed by atoms with Gasteiger partial charge in [-0.05, 0) is 32.0 Å². The van der Waals surface area contributed by atoms with Crippen LogP contribution in [-0.2, 0) is 6.54 Å². The number of benzene rings is 1. The van der Waals surface area contributed by atoms with Gasteiger partial charge in [0.1, 0.15) is 0 Å². The molecule has 0 aliphatic heterocycles. The molecule has 1 aromatic carbocycles. The Bertz CT molecular complexity index is 806. The summed E-state index contributed by atoms with van der Waals surface area (Å²) >= 11 is 1.61. The number of thiazole rings is 1. The molecular weight excluding hydrogens is 296 g/mol. The van der Waals surface area contributed by atoms with Crippen molar-refractivity contribution in [3.63, 3.8) is 0 Å². The van der Waals surface area contributed by atoms with Crippen molar-refractivity contribution in [2.24, 2.45) is 0 Å². The Hall–Kier alpha value is -2.47. The number of aryl methyl sites for hydroxylation is 2. The van der Waals surface area contributed by atoms with Crippen molar-refractivity contribution in [2.45, 2.75) is 20.4 Å². The molecule has 112 valence electrons. The van der Waals surface area contributed by atoms with Gasteiger partial charge in [0.2, 0.25) is 0 Å². The first-order chi connectivity index (χ1) is 10.7. The van der Waals surface area contributed by atoms with Crippen molar-refractivity contribution in [1.82, 2.24) is 14.8 Å². The van der Waals surface area contributed by atoms with E-state index in [1.807, 2.05) is 43.5 Å². The van der Waals surface area contributed by atoms with Gasteiger partial charge in [0, 0.05) is 29.4 Å². The highest BCUT2D eigenvalue weighted by Gasteiger charge is 2.10. The Labute approximate surface area is 132 Å². The van der Waals surface area contributed by atoms with Crippen LogP contribution >= 0.6 is 11.3 Å². The standard InChI is InChI=1S/C16H16N4OS/c1-3-20-8-7-14(19-20)16(21)18-13-6-4-5-12(9-13)15-10-22-11(2)17-15/h4-10H,3H2,1-2H3,(H,18,21). The number of nitrogens with one attached hydrogen (secondary N) is 1. The number of nitrogens with zero attached hydrogens (tertiary/aromatic N) is 3. The molecule has 1 N–H and O–H groups in total. The maximum Gasteiger partial charge on any atom is 0.276 e. The first kappa shape index (κ1) is 14.5. The van der Waals surface area contributed by atoms with E-state index in [-0.39, 0.29) is 5.91 Å². The van der Waals surface area contributed by atoms with E-state index in [9.17, 15) is 4.79 Å². The topological polar surface area (TPSA) is 59.8 Å². The Morgan fingerprint density at radius 3 is 2.91 bits per heavy atom. The Kier molecular flexibility index (Phi) is 4.02. The first-order valence-electron chi connectivity index (χ1n) is 7.03. The normalized spacial score (nSPS) is 10.6. The van der Waals surface area contributed by atoms with Gasteiger partial charge in [-0.2, -0.15) is 5.10 Å². The number of carbonyl (C=O) groups excluding carboxylic acids is 1. The predicted molar refractivity (Wildman–Crippen MR) is 88.1 cm³/mol. The van der Waals surface area contributed by atoms with Gasteiger partial charge < -0.3 is 5.32 Å². The third kappa shape index (κ3) is 3.07. The van der Waals surface area contributed by atoms with Crippen molar-refractivity contribution < 1.29 is 4.79 Å². The third-order valence-corrected chi connectivity index (χ3v) is 4.01. The lowest BCUT2D eigenvalue weighted by atomic mass is 10.1. The quantitative estimate of drug-likeness (QED) is 0.801. The lowest BCUT2D eigenvalue weighted by molar-refractivity contribution is 0.102. The highest BCUT2D eigenvalue weighted by atomic mass is 32.1. The van der Waals surface area contributed by atoms with Crippen LogP contribution in [0.3, 0.4) is 0 Å². The van der Waals surface area contributed by atoms with E-state index < -0.39 is 0 Å². The summed E-state index contributed by atoms with van der Waals surface area (Å²) < 4.78 is 1.73. The minimum Gasteiger partial charge on any atom is -0.321 e. The van der Waals surface area contributed by atoms with Gasteiger partial charge >= 0.3 is 0 Å². The molecular formula is C16H16N4OS. The van der Waals surface area contributed by atoms with E-state index in [1.54, 1.807) is 28.3 Å². The summed E-state index contributed by atoms with van der Waals surface area (Å²) in [6, 6.07) is 9.38. The van der Waals surface area contributed by atoms with E-state index in [0.717, 1.165) is 28.5 Å². The molecule has 0 unspecified atom stereocenters. The molecule has 6 heteroatoms. The molecule has 0 radical (unpaired) electrons. The molecule has 1 amide bonds. The Balaban J connectivity index is 1.79. The van der Waals surface area contributed by atoms with Crippen molar-refractivity contribution in [3.8, 4) is 11.3 Å². The summed E-state index contributed by atoms with van der Waals surface area (Å²) in [7, 11) is 0. The molecule has 5 nitrogen and oxygen atoms in total. The molecule has 2 heterocycles. The van der Waals surface area contributed by atoms with E-state index in [1.165, 1.54) is 0 Å². The van der Waals surface area contributed by atoms with Gasteiger partial charge in [-0.3, -0.25) is 9.48 Å². The van der Waals surface area contributed by atoms with Crippen LogP contribution in [0.2, 0.25) is 0 Å². The summed E-state index contributed by atoms with van der Waals surface area (Å²) in [4.78, 5) is 16.7. The second-order valence-corrected chi connectivity index (χ2v) is 5.91. The maximum absolute atomic E-state index is 12.2. The number of aromatic nitrogens is 3. The van der Waals surface area contributed by atoms with Crippen LogP contribution in [-0.4, -0.2) is 20.7 Å². The molecule has 0 aliphatic rings. The number of rotatable bonds is 4. The van der Waals surface area contributed by atoms with Gasteiger partial charge in [0.25, 0.3) is 5.91 Å². The van der Waals surface area contributed by atoms with Gasteiger partial charge in [0.15, 0.2) is 5.69 Å². The van der Waals surface area contributed by atoms with Crippen LogP contribution < -0.4 is 5.32 Å². The fourth-order valence-electron chi connectivity index (χ4n) is 2.11. The van der Waals surface area contributed by atoms with Gasteiger partial charge in [-0.15, -0.1) is 11.3 Å². The molecule has 0 saturated carbocycles. The number of hydrogen-bond acceptors (Lipinski definition) is 4. The second kappa shape index (κ2) is 6.11. The minimum absolute atomic E-state index is 0.209. The molecule has 22 heavy (non-hydrogen) atoms. The zero-order valence-corrected chi connectivity index (χ0v) is 13.2. The summed E-state index contributed by atoms with van der Waals surface area (Å²) in [6.07, 6.45) is 1.80. The molecule has 0 saturated heterocycles. The Morgan fingerprint density at radius 2 is 2.23 bits per heavy atom. The summed E-state index contributed by atoms with van der Waals surface area (Å²) in [6.45, 7) is 4.70. The number of amides is 1. The lowest BCUT2D eigenvalue weighted by Crippen LogP contribution is -2.13. The maximum atomic E-state index is 12.2. The summed E-state index contributed by atoms with van der Waals surface area (Å²) in [5.74, 6) is -0.209. The highest BCUT2D eigenvalue weighted by Crippen LogP contribution is 2.24. The largest absolute Gasteiger partial charge is 0.321 e. The zero-order chi connectivity index (χ0) is 15.5. The van der Waals surface area contributed by atoms with Crippen LogP contribution in [0, 0.1) is 6.92 Å². The van der Waals surface area contributed by atoms with Crippen LogP contribution in [0.15, 0.2) is 41.9 Å². The lowest BCUT2D eigenvalue weighted by Gasteiger charge is -2.05.